The largest absolute Gasteiger partial charge is 0.284 e. The number of rotatable bonds is 1. The summed E-state index contributed by atoms with van der Waals surface area (Å²) in [5.41, 5.74) is 0.965. The van der Waals surface area contributed by atoms with E-state index >= 15 is 0 Å². The van der Waals surface area contributed by atoms with Gasteiger partial charge >= 0.3 is 0 Å². The van der Waals surface area contributed by atoms with Gasteiger partial charge in [0.2, 0.25) is 0 Å². The number of pyridine rings is 1. The summed E-state index contributed by atoms with van der Waals surface area (Å²) in [5.74, 6) is 0.0833. The number of hydrogen-bond acceptors (Lipinski definition) is 4. The average molecular weight is 281 g/mol. The van der Waals surface area contributed by atoms with Crippen molar-refractivity contribution in [3.63, 3.8) is 0 Å². The van der Waals surface area contributed by atoms with Gasteiger partial charge in [0.25, 0.3) is 11.3 Å². The van der Waals surface area contributed by atoms with Gasteiger partial charge < -0.3 is 0 Å². The molecule has 21 heavy (non-hydrogen) atoms. The summed E-state index contributed by atoms with van der Waals surface area (Å²) in [6.45, 7) is 0. The Morgan fingerprint density at radius 3 is 2.67 bits per heavy atom. The maximum absolute atomic E-state index is 13.0. The van der Waals surface area contributed by atoms with Gasteiger partial charge in [-0.25, -0.2) is 9.37 Å². The molecule has 0 saturated carbocycles. The zero-order valence-electron chi connectivity index (χ0n) is 10.6. The van der Waals surface area contributed by atoms with Crippen LogP contribution in [0, 0.1) is 5.82 Å². The van der Waals surface area contributed by atoms with Crippen molar-refractivity contribution in [2.24, 2.45) is 0 Å². The zero-order valence-corrected chi connectivity index (χ0v) is 10.6. The number of nitrogens with zero attached hydrogens (tertiary/aromatic N) is 5. The molecule has 0 aliphatic rings. The van der Waals surface area contributed by atoms with Crippen LogP contribution >= 0.6 is 0 Å². The third-order valence-electron chi connectivity index (χ3n) is 3.28. The minimum atomic E-state index is -0.349. The summed E-state index contributed by atoms with van der Waals surface area (Å²) in [7, 11) is 0. The molecule has 0 radical (unpaired) electrons. The first-order valence-electron chi connectivity index (χ1n) is 6.20. The van der Waals surface area contributed by atoms with Gasteiger partial charge in [0.15, 0.2) is 0 Å². The van der Waals surface area contributed by atoms with Crippen LogP contribution in [0.4, 0.5) is 4.39 Å². The first kappa shape index (κ1) is 11.7. The molecule has 102 valence electrons. The van der Waals surface area contributed by atoms with Gasteiger partial charge in [0.1, 0.15) is 12.1 Å². The first-order valence-corrected chi connectivity index (χ1v) is 6.20. The molecule has 3 heterocycles. The van der Waals surface area contributed by atoms with Crippen LogP contribution < -0.4 is 5.56 Å². The smallest absolute Gasteiger partial charge is 0.266 e. The van der Waals surface area contributed by atoms with Gasteiger partial charge in [-0.3, -0.25) is 9.36 Å². The molecule has 3 aromatic heterocycles. The highest BCUT2D eigenvalue weighted by atomic mass is 19.1. The highest BCUT2D eigenvalue weighted by Gasteiger charge is 2.09. The monoisotopic (exact) mass is 281 g/mol. The van der Waals surface area contributed by atoms with Gasteiger partial charge in [-0.05, 0) is 30.3 Å². The molecular formula is C14H8FN5O. The van der Waals surface area contributed by atoms with E-state index in [-0.39, 0.29) is 11.4 Å². The van der Waals surface area contributed by atoms with E-state index < -0.39 is 0 Å². The predicted octanol–water partition coefficient (Wildman–Crippen LogP) is 1.57. The number of hydrogen-bond donors (Lipinski definition) is 0. The quantitative estimate of drug-likeness (QED) is 0.531. The third-order valence-corrected chi connectivity index (χ3v) is 3.28. The van der Waals surface area contributed by atoms with Crippen molar-refractivity contribution in [2.45, 2.75) is 0 Å². The van der Waals surface area contributed by atoms with Crippen LogP contribution in [0.2, 0.25) is 0 Å². The normalized spacial score (nSPS) is 11.3. The molecule has 0 atom stereocenters. The van der Waals surface area contributed by atoms with E-state index in [1.54, 1.807) is 24.4 Å². The van der Waals surface area contributed by atoms with E-state index in [1.165, 1.54) is 33.7 Å². The molecule has 0 aliphatic carbocycles. The zero-order chi connectivity index (χ0) is 14.4. The minimum absolute atomic E-state index is 0.246. The summed E-state index contributed by atoms with van der Waals surface area (Å²) in [5, 5.41) is 4.46. The molecule has 0 fully saturated rings. The maximum atomic E-state index is 13.0. The van der Waals surface area contributed by atoms with Crippen molar-refractivity contribution in [1.82, 2.24) is 24.1 Å². The second-order valence-electron chi connectivity index (χ2n) is 4.50. The third kappa shape index (κ3) is 1.71. The second kappa shape index (κ2) is 4.20. The van der Waals surface area contributed by atoms with Gasteiger partial charge in [0, 0.05) is 18.1 Å². The molecule has 0 aliphatic heterocycles. The molecule has 0 saturated heterocycles. The lowest BCUT2D eigenvalue weighted by atomic mass is 10.2. The molecule has 0 N–H and O–H groups in total. The van der Waals surface area contributed by atoms with Crippen molar-refractivity contribution in [2.75, 3.05) is 0 Å². The first-order chi connectivity index (χ1) is 10.2. The fourth-order valence-corrected chi connectivity index (χ4v) is 2.27. The summed E-state index contributed by atoms with van der Waals surface area (Å²) >= 11 is 0. The van der Waals surface area contributed by atoms with Crippen molar-refractivity contribution in [3.05, 3.63) is 65.2 Å². The van der Waals surface area contributed by atoms with E-state index in [0.29, 0.717) is 22.4 Å². The van der Waals surface area contributed by atoms with Crippen LogP contribution in [-0.4, -0.2) is 24.1 Å². The van der Waals surface area contributed by atoms with Crippen LogP contribution in [0.15, 0.2) is 53.8 Å². The molecule has 0 spiro atoms. The summed E-state index contributed by atoms with van der Waals surface area (Å²) in [6.07, 6.45) is 4.48. The van der Waals surface area contributed by atoms with Crippen LogP contribution in [-0.2, 0) is 0 Å². The van der Waals surface area contributed by atoms with Crippen molar-refractivity contribution in [1.29, 1.82) is 0 Å². The Hall–Kier alpha value is -3.09. The Kier molecular flexibility index (Phi) is 2.34. The summed E-state index contributed by atoms with van der Waals surface area (Å²) in [6, 6.07) is 7.47. The van der Waals surface area contributed by atoms with E-state index in [4.69, 9.17) is 0 Å². The number of aromatic nitrogens is 5. The lowest BCUT2D eigenvalue weighted by Crippen LogP contribution is -2.18. The van der Waals surface area contributed by atoms with Gasteiger partial charge in [-0.15, -0.1) is 0 Å². The topological polar surface area (TPSA) is 65.1 Å². The molecule has 6 nitrogen and oxygen atoms in total. The summed E-state index contributed by atoms with van der Waals surface area (Å²) in [4.78, 5) is 20.6. The molecule has 4 aromatic rings. The van der Waals surface area contributed by atoms with Crippen LogP contribution in [0.3, 0.4) is 0 Å². The number of benzene rings is 1. The average Bonchev–Trinajstić information content (AvgIpc) is 2.97. The second-order valence-corrected chi connectivity index (χ2v) is 4.50. The molecule has 0 unspecified atom stereocenters. The minimum Gasteiger partial charge on any atom is -0.284 e. The Balaban J connectivity index is 2.04. The standard InChI is InChI=1S/C14H8FN5O/c15-9-1-3-10(4-2-9)19-6-5-12-11(13(19)21)7-16-14-17-8-18-20(12)14/h1-8H. The van der Waals surface area contributed by atoms with E-state index in [0.717, 1.165) is 0 Å². The Morgan fingerprint density at radius 2 is 1.86 bits per heavy atom. The van der Waals surface area contributed by atoms with Crippen molar-refractivity contribution >= 4 is 16.7 Å². The SMILES string of the molecule is O=c1c2cnc3ncnn3c2ccn1-c1ccc(F)cc1. The molecule has 0 bridgehead atoms. The summed E-state index contributed by atoms with van der Waals surface area (Å²) < 4.78 is 15.9. The van der Waals surface area contributed by atoms with Crippen LogP contribution in [0.1, 0.15) is 0 Å². The lowest BCUT2D eigenvalue weighted by Gasteiger charge is -2.07. The highest BCUT2D eigenvalue weighted by Crippen LogP contribution is 2.12. The van der Waals surface area contributed by atoms with Crippen molar-refractivity contribution < 1.29 is 4.39 Å². The molecule has 1 aromatic carbocycles. The van der Waals surface area contributed by atoms with E-state index in [2.05, 4.69) is 15.1 Å². The van der Waals surface area contributed by atoms with Crippen molar-refractivity contribution in [3.8, 4) is 5.69 Å². The van der Waals surface area contributed by atoms with Gasteiger partial charge in [-0.2, -0.15) is 14.6 Å². The Morgan fingerprint density at radius 1 is 1.05 bits per heavy atom. The van der Waals surface area contributed by atoms with Crippen LogP contribution in [0.25, 0.3) is 22.4 Å². The number of fused-ring (bicyclic) bond motifs is 3. The fraction of sp³-hybridized carbons (Fsp3) is 0. The Bertz CT molecular complexity index is 1020. The Labute approximate surface area is 117 Å². The van der Waals surface area contributed by atoms with E-state index in [9.17, 15) is 9.18 Å². The number of halogens is 1. The molecular weight excluding hydrogens is 273 g/mol. The highest BCUT2D eigenvalue weighted by molar-refractivity contribution is 5.78. The van der Waals surface area contributed by atoms with Gasteiger partial charge in [0.05, 0.1) is 10.9 Å². The fourth-order valence-electron chi connectivity index (χ4n) is 2.27. The lowest BCUT2D eigenvalue weighted by molar-refractivity contribution is 0.627. The van der Waals surface area contributed by atoms with Gasteiger partial charge in [-0.1, -0.05) is 0 Å². The van der Waals surface area contributed by atoms with Crippen LogP contribution in [0.5, 0.6) is 0 Å². The predicted molar refractivity (Wildman–Crippen MR) is 73.8 cm³/mol. The van der Waals surface area contributed by atoms with E-state index in [1.807, 2.05) is 0 Å². The molecule has 4 rings (SSSR count). The maximum Gasteiger partial charge on any atom is 0.266 e. The molecule has 7 heteroatoms. The molecule has 0 amide bonds.